The zero-order valence-corrected chi connectivity index (χ0v) is 11.9. The van der Waals surface area contributed by atoms with E-state index in [0.29, 0.717) is 12.5 Å². The summed E-state index contributed by atoms with van der Waals surface area (Å²) in [6.07, 6.45) is 8.41. The average molecular weight is 258 g/mol. The summed E-state index contributed by atoms with van der Waals surface area (Å²) in [6, 6.07) is 3.99. The van der Waals surface area contributed by atoms with Gasteiger partial charge in [0.15, 0.2) is 0 Å². The van der Waals surface area contributed by atoms with E-state index in [1.54, 1.807) is 6.20 Å². The molecule has 0 aliphatic rings. The van der Waals surface area contributed by atoms with Crippen molar-refractivity contribution in [2.45, 2.75) is 32.7 Å². The summed E-state index contributed by atoms with van der Waals surface area (Å²) in [6.45, 7) is 7.21. The van der Waals surface area contributed by atoms with Gasteiger partial charge in [-0.2, -0.15) is 0 Å². The minimum absolute atomic E-state index is 0.115. The van der Waals surface area contributed by atoms with Crippen molar-refractivity contribution in [2.24, 2.45) is 11.7 Å². The van der Waals surface area contributed by atoms with Crippen LogP contribution in [0.3, 0.4) is 0 Å². The Morgan fingerprint density at radius 2 is 2.11 bits per heavy atom. The van der Waals surface area contributed by atoms with Gasteiger partial charge in [-0.1, -0.05) is 13.8 Å². The Hall–Kier alpha value is -1.68. The van der Waals surface area contributed by atoms with E-state index in [4.69, 9.17) is 5.73 Å². The van der Waals surface area contributed by atoms with Gasteiger partial charge in [-0.3, -0.25) is 4.98 Å². The summed E-state index contributed by atoms with van der Waals surface area (Å²) in [4.78, 5) is 8.48. The van der Waals surface area contributed by atoms with Crippen LogP contribution in [0.5, 0.6) is 0 Å². The number of nitrogens with zero attached hydrogens (tertiary/aromatic N) is 3. The van der Waals surface area contributed by atoms with E-state index in [2.05, 4.69) is 35.3 Å². The summed E-state index contributed by atoms with van der Waals surface area (Å²) in [7, 11) is 0. The predicted octanol–water partition coefficient (Wildman–Crippen LogP) is 2.67. The topological polar surface area (TPSA) is 56.7 Å². The van der Waals surface area contributed by atoms with E-state index in [1.165, 1.54) is 0 Å². The molecular weight excluding hydrogens is 236 g/mol. The van der Waals surface area contributed by atoms with Gasteiger partial charge in [0, 0.05) is 24.5 Å². The fraction of sp³-hybridized carbons (Fsp3) is 0.467. The lowest BCUT2D eigenvalue weighted by Gasteiger charge is -2.33. The lowest BCUT2D eigenvalue weighted by molar-refractivity contribution is 0.267. The molecule has 2 N–H and O–H groups in total. The maximum absolute atomic E-state index is 6.03. The minimum Gasteiger partial charge on any atom is -0.328 e. The molecule has 2 aromatic heterocycles. The van der Waals surface area contributed by atoms with E-state index in [0.717, 1.165) is 17.7 Å². The molecule has 0 radical (unpaired) electrons. The van der Waals surface area contributed by atoms with Crippen molar-refractivity contribution < 1.29 is 0 Å². The predicted molar refractivity (Wildman–Crippen MR) is 77.6 cm³/mol. The van der Waals surface area contributed by atoms with Crippen molar-refractivity contribution in [3.63, 3.8) is 0 Å². The second-order valence-electron chi connectivity index (χ2n) is 5.69. The molecule has 0 bridgehead atoms. The van der Waals surface area contributed by atoms with Gasteiger partial charge in [0.2, 0.25) is 0 Å². The molecule has 4 nitrogen and oxygen atoms in total. The highest BCUT2D eigenvalue weighted by Crippen LogP contribution is 2.29. The van der Waals surface area contributed by atoms with Crippen molar-refractivity contribution in [1.29, 1.82) is 0 Å². The third-order valence-corrected chi connectivity index (χ3v) is 3.47. The first-order valence-electron chi connectivity index (χ1n) is 6.70. The van der Waals surface area contributed by atoms with Crippen molar-refractivity contribution in [1.82, 2.24) is 14.5 Å². The molecule has 0 fully saturated rings. The third kappa shape index (κ3) is 2.84. The number of aromatic nitrogens is 3. The van der Waals surface area contributed by atoms with Crippen LogP contribution in [-0.4, -0.2) is 21.1 Å². The van der Waals surface area contributed by atoms with E-state index >= 15 is 0 Å². The fourth-order valence-electron chi connectivity index (χ4n) is 2.61. The lowest BCUT2D eigenvalue weighted by Crippen LogP contribution is -2.39. The Morgan fingerprint density at radius 3 is 2.68 bits per heavy atom. The number of imidazole rings is 1. The van der Waals surface area contributed by atoms with Gasteiger partial charge in [0.25, 0.3) is 0 Å². The summed E-state index contributed by atoms with van der Waals surface area (Å²) < 4.78 is 2.18. The quantitative estimate of drug-likeness (QED) is 0.897. The molecule has 0 aliphatic heterocycles. The molecule has 2 heterocycles. The summed E-state index contributed by atoms with van der Waals surface area (Å²) in [5.74, 6) is 0.581. The zero-order chi connectivity index (χ0) is 13.9. The lowest BCUT2D eigenvalue weighted by atomic mass is 9.90. The van der Waals surface area contributed by atoms with Crippen molar-refractivity contribution >= 4 is 0 Å². The number of pyridine rings is 1. The molecule has 0 spiro atoms. The summed E-state index contributed by atoms with van der Waals surface area (Å²) in [5.41, 5.74) is 8.06. The first kappa shape index (κ1) is 13.7. The molecule has 1 atom stereocenters. The van der Waals surface area contributed by atoms with Crippen LogP contribution >= 0.6 is 0 Å². The Balaban J connectivity index is 2.43. The standard InChI is InChI=1S/C15H22N4/c1-12(2)7-15(3,10-16)19-11-18-9-14(19)13-5-4-6-17-8-13/h4-6,8-9,11-12H,7,10,16H2,1-3H3. The van der Waals surface area contributed by atoms with E-state index in [-0.39, 0.29) is 5.54 Å². The van der Waals surface area contributed by atoms with Gasteiger partial charge in [-0.05, 0) is 31.4 Å². The molecule has 19 heavy (non-hydrogen) atoms. The van der Waals surface area contributed by atoms with Crippen LogP contribution in [0, 0.1) is 5.92 Å². The van der Waals surface area contributed by atoms with Gasteiger partial charge < -0.3 is 10.3 Å². The molecule has 102 valence electrons. The molecule has 0 aliphatic carbocycles. The van der Waals surface area contributed by atoms with Crippen molar-refractivity contribution in [3.05, 3.63) is 37.1 Å². The van der Waals surface area contributed by atoms with Crippen molar-refractivity contribution in [3.8, 4) is 11.3 Å². The van der Waals surface area contributed by atoms with Crippen LogP contribution in [0.2, 0.25) is 0 Å². The minimum atomic E-state index is -0.115. The van der Waals surface area contributed by atoms with E-state index in [9.17, 15) is 0 Å². The Bertz CT molecular complexity index is 518. The monoisotopic (exact) mass is 258 g/mol. The second kappa shape index (κ2) is 5.53. The highest BCUT2D eigenvalue weighted by molar-refractivity contribution is 5.57. The van der Waals surface area contributed by atoms with Crippen LogP contribution in [0.4, 0.5) is 0 Å². The fourth-order valence-corrected chi connectivity index (χ4v) is 2.61. The Morgan fingerprint density at radius 1 is 1.32 bits per heavy atom. The largest absolute Gasteiger partial charge is 0.328 e. The highest BCUT2D eigenvalue weighted by atomic mass is 15.1. The van der Waals surface area contributed by atoms with Crippen LogP contribution in [0.25, 0.3) is 11.3 Å². The van der Waals surface area contributed by atoms with Crippen LogP contribution < -0.4 is 5.73 Å². The first-order valence-corrected chi connectivity index (χ1v) is 6.70. The Labute approximate surface area is 114 Å². The number of hydrogen-bond donors (Lipinski definition) is 1. The molecule has 2 rings (SSSR count). The van der Waals surface area contributed by atoms with Crippen LogP contribution in [0.1, 0.15) is 27.2 Å². The molecular formula is C15H22N4. The first-order chi connectivity index (χ1) is 9.07. The summed E-state index contributed by atoms with van der Waals surface area (Å²) >= 11 is 0. The molecule has 0 saturated carbocycles. The molecule has 2 aromatic rings. The van der Waals surface area contributed by atoms with Crippen LogP contribution in [-0.2, 0) is 5.54 Å². The Kier molecular flexibility index (Phi) is 4.00. The van der Waals surface area contributed by atoms with Crippen molar-refractivity contribution in [2.75, 3.05) is 6.54 Å². The SMILES string of the molecule is CC(C)CC(C)(CN)n1cncc1-c1cccnc1. The number of hydrogen-bond acceptors (Lipinski definition) is 3. The molecule has 0 amide bonds. The van der Waals surface area contributed by atoms with Gasteiger partial charge in [-0.15, -0.1) is 0 Å². The average Bonchev–Trinajstić information content (AvgIpc) is 2.88. The maximum atomic E-state index is 6.03. The molecule has 0 saturated heterocycles. The maximum Gasteiger partial charge on any atom is 0.0956 e. The molecule has 1 unspecified atom stereocenters. The number of nitrogens with two attached hydrogens (primary N) is 1. The second-order valence-corrected chi connectivity index (χ2v) is 5.69. The van der Waals surface area contributed by atoms with Gasteiger partial charge in [-0.25, -0.2) is 4.98 Å². The molecule has 0 aromatic carbocycles. The molecule has 4 heteroatoms. The van der Waals surface area contributed by atoms with Gasteiger partial charge in [0.1, 0.15) is 0 Å². The highest BCUT2D eigenvalue weighted by Gasteiger charge is 2.28. The smallest absolute Gasteiger partial charge is 0.0956 e. The van der Waals surface area contributed by atoms with Crippen LogP contribution in [0.15, 0.2) is 37.1 Å². The van der Waals surface area contributed by atoms with Gasteiger partial charge >= 0.3 is 0 Å². The van der Waals surface area contributed by atoms with E-state index in [1.807, 2.05) is 30.9 Å². The number of rotatable bonds is 5. The third-order valence-electron chi connectivity index (χ3n) is 3.47. The van der Waals surface area contributed by atoms with E-state index < -0.39 is 0 Å². The summed E-state index contributed by atoms with van der Waals surface area (Å²) in [5, 5.41) is 0. The normalized spacial score (nSPS) is 14.6. The zero-order valence-electron chi connectivity index (χ0n) is 11.9. The van der Waals surface area contributed by atoms with Gasteiger partial charge in [0.05, 0.1) is 23.8 Å².